The molecule has 0 saturated carbocycles. The molecule has 1 N–H and O–H groups in total. The van der Waals surface area contributed by atoms with Gasteiger partial charge in [-0.05, 0) is 0 Å². The molecule has 428 valence electrons. The van der Waals surface area contributed by atoms with Gasteiger partial charge in [0.2, 0.25) is 0 Å². The van der Waals surface area contributed by atoms with Gasteiger partial charge in [0.25, 0.3) is 0 Å². The maximum Gasteiger partial charge on any atom is 0.460 e. The van der Waals surface area contributed by atoms with Crippen LogP contribution in [0.3, 0.4) is 0 Å². The largest absolute Gasteiger partial charge is 0.460 e. The van der Waals surface area contributed by atoms with Gasteiger partial charge in [0, 0.05) is 22.3 Å². The molecule has 0 saturated heterocycles. The summed E-state index contributed by atoms with van der Waals surface area (Å²) < 4.78 is 572. The fraction of sp³-hybridized carbons (Fsp3) is 1.00. The van der Waals surface area contributed by atoms with Crippen LogP contribution in [0.4, 0.5) is 184 Å². The maximum atomic E-state index is 14.5. The lowest BCUT2D eigenvalue weighted by Crippen LogP contribution is -2.76. The zero-order chi connectivity index (χ0) is 58.7. The number of hydrogen-bond acceptors (Lipinski definition) is 3. The Morgan fingerprint density at radius 3 is 0.507 bits per heavy atom. The lowest BCUT2D eigenvalue weighted by Gasteiger charge is -2.45. The van der Waals surface area contributed by atoms with Crippen molar-refractivity contribution in [3.05, 3.63) is 0 Å². The van der Waals surface area contributed by atoms with Crippen molar-refractivity contribution in [1.82, 2.24) is 0 Å². The van der Waals surface area contributed by atoms with Crippen LogP contribution in [0.25, 0.3) is 0 Å². The highest BCUT2D eigenvalue weighted by atomic mass is 79.9. The van der Waals surface area contributed by atoms with Crippen molar-refractivity contribution < 1.29 is 190 Å². The van der Waals surface area contributed by atoms with Gasteiger partial charge < -0.3 is 5.11 Å². The predicted molar refractivity (Wildman–Crippen MR) is 149 cm³/mol. The van der Waals surface area contributed by atoms with E-state index in [0.717, 1.165) is 0 Å². The highest BCUT2D eigenvalue weighted by molar-refractivity contribution is 9.09. The normalized spacial score (nSPS) is 17.1. The first-order valence-corrected chi connectivity index (χ1v) is 18.5. The summed E-state index contributed by atoms with van der Waals surface area (Å²) in [7, 11) is 0. The number of hydrogen-bond donors (Lipinski definition) is 1. The van der Waals surface area contributed by atoms with Crippen molar-refractivity contribution in [3.8, 4) is 0 Å². The van der Waals surface area contributed by atoms with Crippen molar-refractivity contribution in [2.24, 2.45) is 5.41 Å². The molecule has 1 nitrogen and oxygen atoms in total. The molecular formula is C25H9BrF42OS2. The molecule has 0 aliphatic rings. The van der Waals surface area contributed by atoms with E-state index >= 15 is 0 Å². The minimum absolute atomic E-state index is 1.76. The molecule has 0 heterocycles. The molecule has 0 fully saturated rings. The summed E-state index contributed by atoms with van der Waals surface area (Å²) in [6.45, 7) is -2.70. The van der Waals surface area contributed by atoms with Crippen LogP contribution in [0.15, 0.2) is 0 Å². The molecule has 0 unspecified atom stereocenters. The number of aliphatic hydroxyl groups is 1. The van der Waals surface area contributed by atoms with Gasteiger partial charge in [0.05, 0.1) is 6.61 Å². The van der Waals surface area contributed by atoms with Crippen LogP contribution in [-0.4, -0.2) is 146 Å². The van der Waals surface area contributed by atoms with Crippen LogP contribution >= 0.6 is 39.5 Å². The molecule has 46 heteroatoms. The van der Waals surface area contributed by atoms with Crippen molar-refractivity contribution in [2.45, 2.75) is 118 Å². The van der Waals surface area contributed by atoms with Crippen molar-refractivity contribution in [3.63, 3.8) is 0 Å². The van der Waals surface area contributed by atoms with Gasteiger partial charge in [0.15, 0.2) is 0 Å². The third kappa shape index (κ3) is 9.20. The smallest absolute Gasteiger partial charge is 0.396 e. The van der Waals surface area contributed by atoms with Crippen LogP contribution < -0.4 is 0 Å². The molecule has 0 aromatic heterocycles. The van der Waals surface area contributed by atoms with E-state index < -0.39 is 170 Å². The molecule has 0 atom stereocenters. The van der Waals surface area contributed by atoms with Gasteiger partial charge in [-0.1, -0.05) is 39.5 Å². The Hall–Kier alpha value is -1.80. The monoisotopic (exact) mass is 1270 g/mol. The second kappa shape index (κ2) is 18.2. The third-order valence-corrected chi connectivity index (χ3v) is 12.6. The highest BCUT2D eigenvalue weighted by Crippen LogP contribution is 2.70. The Labute approximate surface area is 375 Å². The minimum atomic E-state index is -9.72. The molecule has 0 aromatic rings. The Morgan fingerprint density at radius 1 is 0.239 bits per heavy atom. The number of thioether (sulfide) groups is 2. The Kier molecular flexibility index (Phi) is 17.7. The highest BCUT2D eigenvalue weighted by Gasteiger charge is 3.00. The van der Waals surface area contributed by atoms with E-state index in [1.54, 1.807) is 15.9 Å². The van der Waals surface area contributed by atoms with E-state index in [-0.39, 0.29) is 0 Å². The molecule has 0 aromatic carbocycles. The lowest BCUT2D eigenvalue weighted by atomic mass is 9.87. The quantitative estimate of drug-likeness (QED) is 0.0768. The molecule has 0 amide bonds. The maximum absolute atomic E-state index is 14.5. The Bertz CT molecular complexity index is 1730. The fourth-order valence-electron chi connectivity index (χ4n) is 4.01. The standard InChI is InChI=1S/C25H9BrF42OS2/c26-1-5(2-69,3-70-24(65,66)20(55,56)16(47,48)12(39,40)8(31,32)6(27,28)10(35,36)14(43,44)18(51,52)22(59,60)61)4-71-25(67,68)21(57,58)17(49,50)13(41,42)9(33,34)7(29,30)11(37,38)15(45,46)19(53,54)23(62,63)64/h69H,1-4H2. The van der Waals surface area contributed by atoms with Gasteiger partial charge in [-0.25, -0.2) is 0 Å². The summed E-state index contributed by atoms with van der Waals surface area (Å²) >= 11 is -3.96. The van der Waals surface area contributed by atoms with E-state index in [4.69, 9.17) is 0 Å². The SMILES string of the molecule is OCC(CBr)(CSC(F)(F)C(F)(F)C(F)(F)C(F)(F)C(F)(F)C(F)(F)C(F)(F)C(F)(F)C(F)(F)C(F)(F)F)CSC(F)(F)C(F)(F)C(F)(F)C(F)(F)C(F)(F)C(F)(F)C(F)(F)C(F)(F)C(F)(F)C(F)(F)F. The van der Waals surface area contributed by atoms with Gasteiger partial charge >= 0.3 is 118 Å². The molecule has 0 rings (SSSR count). The topological polar surface area (TPSA) is 20.2 Å². The molecule has 0 bridgehead atoms. The first-order valence-electron chi connectivity index (χ1n) is 15.4. The summed E-state index contributed by atoms with van der Waals surface area (Å²) in [6, 6.07) is 0. The summed E-state index contributed by atoms with van der Waals surface area (Å²) in [6.07, 6.45) is -16.7. The Morgan fingerprint density at radius 2 is 0.380 bits per heavy atom. The zero-order valence-corrected chi connectivity index (χ0v) is 34.1. The number of halogens is 43. The molecule has 71 heavy (non-hydrogen) atoms. The summed E-state index contributed by atoms with van der Waals surface area (Å²) in [4.78, 5) is 0. The molecule has 0 aliphatic heterocycles. The van der Waals surface area contributed by atoms with Crippen LogP contribution in [0.5, 0.6) is 0 Å². The van der Waals surface area contributed by atoms with Crippen molar-refractivity contribution >= 4 is 39.5 Å². The molecular weight excluding hydrogens is 1260 g/mol. The van der Waals surface area contributed by atoms with Gasteiger partial charge in [-0.15, -0.1) is 0 Å². The summed E-state index contributed by atoms with van der Waals surface area (Å²) in [5.41, 5.74) is -4.01. The average Bonchev–Trinajstić information content (AvgIpc) is 3.15. The second-order valence-electron chi connectivity index (χ2n) is 13.6. The average molecular weight is 1270 g/mol. The van der Waals surface area contributed by atoms with Gasteiger partial charge in [-0.3, -0.25) is 0 Å². The van der Waals surface area contributed by atoms with E-state index in [2.05, 4.69) is 0 Å². The van der Waals surface area contributed by atoms with Crippen LogP contribution in [0.2, 0.25) is 0 Å². The molecule has 0 spiro atoms. The van der Waals surface area contributed by atoms with E-state index in [9.17, 15) is 190 Å². The van der Waals surface area contributed by atoms with Crippen molar-refractivity contribution in [2.75, 3.05) is 23.4 Å². The first kappa shape index (κ1) is 69.2. The third-order valence-electron chi connectivity index (χ3n) is 8.70. The predicted octanol–water partition coefficient (Wildman–Crippen LogP) is 15.3. The lowest BCUT2D eigenvalue weighted by molar-refractivity contribution is -0.472. The summed E-state index contributed by atoms with van der Waals surface area (Å²) in [5.74, 6) is -156. The zero-order valence-electron chi connectivity index (χ0n) is 30.8. The van der Waals surface area contributed by atoms with E-state index in [1.165, 1.54) is 0 Å². The summed E-state index contributed by atoms with van der Waals surface area (Å²) in [5, 5.41) is -8.35. The van der Waals surface area contributed by atoms with Crippen molar-refractivity contribution in [1.29, 1.82) is 0 Å². The molecule has 0 radical (unpaired) electrons. The first-order chi connectivity index (χ1) is 30.0. The second-order valence-corrected chi connectivity index (χ2v) is 16.3. The number of aliphatic hydroxyl groups excluding tert-OH is 1. The fourth-order valence-corrected chi connectivity index (χ4v) is 7.42. The molecule has 0 aliphatic carbocycles. The number of rotatable bonds is 24. The van der Waals surface area contributed by atoms with Crippen LogP contribution in [0.1, 0.15) is 0 Å². The van der Waals surface area contributed by atoms with Crippen LogP contribution in [-0.2, 0) is 0 Å². The number of alkyl halides is 43. The van der Waals surface area contributed by atoms with Gasteiger partial charge in [0.1, 0.15) is 0 Å². The van der Waals surface area contributed by atoms with Gasteiger partial charge in [-0.2, -0.15) is 184 Å². The Balaban J connectivity index is 7.26. The van der Waals surface area contributed by atoms with E-state index in [1.807, 2.05) is 0 Å². The van der Waals surface area contributed by atoms with E-state index in [0.29, 0.717) is 0 Å². The van der Waals surface area contributed by atoms with Crippen LogP contribution in [0, 0.1) is 5.41 Å². The minimum Gasteiger partial charge on any atom is -0.396 e.